The van der Waals surface area contributed by atoms with Gasteiger partial charge in [0.15, 0.2) is 9.84 Å². The number of amides is 1. The fourth-order valence-electron chi connectivity index (χ4n) is 4.82. The Morgan fingerprint density at radius 3 is 2.62 bits per heavy atom. The number of carbonyl (C=O) groups is 1. The molecule has 2 aromatic carbocycles. The first-order valence-corrected chi connectivity index (χ1v) is 14.9. The topological polar surface area (TPSA) is 106 Å². The van der Waals surface area contributed by atoms with Crippen molar-refractivity contribution in [1.82, 2.24) is 19.8 Å². The van der Waals surface area contributed by atoms with Crippen LogP contribution in [0.5, 0.6) is 5.75 Å². The summed E-state index contributed by atoms with van der Waals surface area (Å²) in [7, 11) is -0.549. The van der Waals surface area contributed by atoms with E-state index >= 15 is 0 Å². The van der Waals surface area contributed by atoms with Crippen molar-refractivity contribution in [3.8, 4) is 17.6 Å². The zero-order chi connectivity index (χ0) is 30.8. The highest BCUT2D eigenvalue weighted by molar-refractivity contribution is 7.90. The first kappa shape index (κ1) is 31.1. The van der Waals surface area contributed by atoms with Crippen LogP contribution < -0.4 is 15.4 Å². The number of alkyl halides is 3. The Kier molecular flexibility index (Phi) is 9.03. The van der Waals surface area contributed by atoms with Crippen molar-refractivity contribution in [2.45, 2.75) is 49.5 Å². The van der Waals surface area contributed by atoms with Crippen LogP contribution in [0.1, 0.15) is 35.7 Å². The van der Waals surface area contributed by atoms with E-state index in [1.807, 2.05) is 7.05 Å². The zero-order valence-corrected chi connectivity index (χ0v) is 24.3. The summed E-state index contributed by atoms with van der Waals surface area (Å²) >= 11 is 0. The molecule has 2 N–H and O–H groups in total. The summed E-state index contributed by atoms with van der Waals surface area (Å²) in [6.45, 7) is 1.51. The molecule has 1 amide bonds. The number of anilines is 1. The van der Waals surface area contributed by atoms with Gasteiger partial charge in [0.25, 0.3) is 5.91 Å². The van der Waals surface area contributed by atoms with E-state index in [4.69, 9.17) is 4.74 Å². The summed E-state index contributed by atoms with van der Waals surface area (Å²) in [5, 5.41) is 5.86. The van der Waals surface area contributed by atoms with Gasteiger partial charge >= 0.3 is 6.18 Å². The molecule has 4 rings (SSSR count). The molecule has 9 nitrogen and oxygen atoms in total. The van der Waals surface area contributed by atoms with Gasteiger partial charge in [0.1, 0.15) is 28.5 Å². The van der Waals surface area contributed by atoms with E-state index in [1.165, 1.54) is 19.2 Å². The van der Waals surface area contributed by atoms with Crippen LogP contribution in [0.15, 0.2) is 35.5 Å². The highest BCUT2D eigenvalue weighted by Crippen LogP contribution is 2.30. The van der Waals surface area contributed by atoms with Gasteiger partial charge in [-0.15, -0.1) is 0 Å². The number of nitrogens with one attached hydrogen (secondary N) is 2. The van der Waals surface area contributed by atoms with Crippen molar-refractivity contribution in [2.24, 2.45) is 0 Å². The summed E-state index contributed by atoms with van der Waals surface area (Å²) in [6.07, 6.45) is -1.12. The van der Waals surface area contributed by atoms with E-state index in [-0.39, 0.29) is 52.2 Å². The molecule has 0 unspecified atom stereocenters. The number of hydrogen-bond donors (Lipinski definition) is 2. The number of benzene rings is 2. The maximum Gasteiger partial charge on any atom is 0.406 e. The van der Waals surface area contributed by atoms with E-state index in [0.29, 0.717) is 0 Å². The lowest BCUT2D eigenvalue weighted by atomic mass is 9.98. The number of rotatable bonds is 7. The van der Waals surface area contributed by atoms with Crippen molar-refractivity contribution in [3.05, 3.63) is 47.5 Å². The SMILES string of the molecule is COc1cc(F)c(S(C)(=O)=O)cc1NCC#Cc1cc(C(=O)N[C@@H]2CCN(C)[C@H](C)C2)c2ncn(CC(F)(F)F)c2c1. The Bertz CT molecular complexity index is 1660. The number of carbonyl (C=O) groups excluding carboxylic acids is 1. The second-order valence-corrected chi connectivity index (χ2v) is 12.3. The summed E-state index contributed by atoms with van der Waals surface area (Å²) in [5.74, 6) is 4.29. The minimum Gasteiger partial charge on any atom is -0.494 e. The monoisotopic (exact) mass is 609 g/mol. The summed E-state index contributed by atoms with van der Waals surface area (Å²) < 4.78 is 83.8. The minimum absolute atomic E-state index is 0.0555. The number of piperidine rings is 1. The highest BCUT2D eigenvalue weighted by atomic mass is 32.2. The number of imidazole rings is 1. The van der Waals surface area contributed by atoms with Crippen LogP contribution in [-0.4, -0.2) is 80.5 Å². The van der Waals surface area contributed by atoms with E-state index in [2.05, 4.69) is 39.3 Å². The van der Waals surface area contributed by atoms with Gasteiger partial charge in [0, 0.05) is 36.5 Å². The summed E-state index contributed by atoms with van der Waals surface area (Å²) in [6, 6.07) is 5.10. The van der Waals surface area contributed by atoms with Crippen LogP contribution in [0.2, 0.25) is 0 Å². The Morgan fingerprint density at radius 2 is 1.98 bits per heavy atom. The molecule has 1 aliphatic heterocycles. The zero-order valence-electron chi connectivity index (χ0n) is 23.5. The Morgan fingerprint density at radius 1 is 1.24 bits per heavy atom. The predicted octanol–water partition coefficient (Wildman–Crippen LogP) is 3.83. The fraction of sp³-hybridized carbons (Fsp3) is 0.429. The number of aromatic nitrogens is 2. The molecule has 14 heteroatoms. The van der Waals surface area contributed by atoms with Gasteiger partial charge in [0.2, 0.25) is 0 Å². The third-order valence-corrected chi connectivity index (χ3v) is 8.23. The van der Waals surface area contributed by atoms with Crippen LogP contribution in [0.4, 0.5) is 23.2 Å². The van der Waals surface area contributed by atoms with Crippen LogP contribution >= 0.6 is 0 Å². The molecular formula is C28H31F4N5O4S. The van der Waals surface area contributed by atoms with Gasteiger partial charge in [-0.1, -0.05) is 11.8 Å². The molecule has 0 aliphatic carbocycles. The summed E-state index contributed by atoms with van der Waals surface area (Å²) in [4.78, 5) is 19.1. The molecule has 3 aromatic rings. The van der Waals surface area contributed by atoms with Crippen LogP contribution in [0, 0.1) is 17.7 Å². The van der Waals surface area contributed by atoms with Gasteiger partial charge < -0.3 is 24.8 Å². The highest BCUT2D eigenvalue weighted by Gasteiger charge is 2.30. The quantitative estimate of drug-likeness (QED) is 0.310. The lowest BCUT2D eigenvalue weighted by Gasteiger charge is -2.35. The maximum absolute atomic E-state index is 14.2. The lowest BCUT2D eigenvalue weighted by molar-refractivity contribution is -0.139. The Labute approximate surface area is 241 Å². The predicted molar refractivity (Wildman–Crippen MR) is 150 cm³/mol. The van der Waals surface area contributed by atoms with Gasteiger partial charge in [-0.2, -0.15) is 13.2 Å². The van der Waals surface area contributed by atoms with Crippen molar-refractivity contribution in [2.75, 3.05) is 38.8 Å². The van der Waals surface area contributed by atoms with E-state index in [0.717, 1.165) is 48.7 Å². The third-order valence-electron chi connectivity index (χ3n) is 7.12. The molecule has 42 heavy (non-hydrogen) atoms. The van der Waals surface area contributed by atoms with Crippen LogP contribution in [0.3, 0.4) is 0 Å². The second-order valence-electron chi connectivity index (χ2n) is 10.3. The molecule has 2 atom stereocenters. The largest absolute Gasteiger partial charge is 0.494 e. The van der Waals surface area contributed by atoms with Gasteiger partial charge in [-0.05, 0) is 45.0 Å². The molecule has 226 valence electrons. The standard InChI is InChI=1S/C28H31F4N5O4S/c1-17-10-19(7-9-36(17)2)35-27(38)20-11-18(12-23-26(20)34-16-37(23)15-28(30,31)32)6-5-8-33-22-14-25(42(4,39)40)21(29)13-24(22)41-3/h11-14,16-17,19,33H,7-10,15H2,1-4H3,(H,35,38)/t17-,19-/m1/s1. The second kappa shape index (κ2) is 12.2. The normalized spacial score (nSPS) is 17.9. The molecule has 2 heterocycles. The third kappa shape index (κ3) is 7.32. The molecule has 1 aromatic heterocycles. The van der Waals surface area contributed by atoms with Crippen molar-refractivity contribution < 1.29 is 35.5 Å². The molecule has 1 fully saturated rings. The molecule has 0 bridgehead atoms. The lowest BCUT2D eigenvalue weighted by Crippen LogP contribution is -2.47. The fourth-order valence-corrected chi connectivity index (χ4v) is 5.57. The number of nitrogens with zero attached hydrogens (tertiary/aromatic N) is 3. The number of sulfone groups is 1. The van der Waals surface area contributed by atoms with Gasteiger partial charge in [0.05, 0.1) is 36.7 Å². The smallest absolute Gasteiger partial charge is 0.406 e. The molecule has 1 aliphatic rings. The van der Waals surface area contributed by atoms with Crippen molar-refractivity contribution in [1.29, 1.82) is 0 Å². The number of methoxy groups -OCH3 is 1. The molecule has 0 radical (unpaired) electrons. The average molecular weight is 610 g/mol. The van der Waals surface area contributed by atoms with Crippen molar-refractivity contribution >= 4 is 32.5 Å². The molecule has 1 saturated heterocycles. The van der Waals surface area contributed by atoms with Gasteiger partial charge in [-0.3, -0.25) is 4.79 Å². The van der Waals surface area contributed by atoms with Crippen LogP contribution in [-0.2, 0) is 16.4 Å². The number of ether oxygens (including phenoxy) is 1. The number of fused-ring (bicyclic) bond motifs is 1. The number of likely N-dealkylation sites (tertiary alicyclic amines) is 1. The van der Waals surface area contributed by atoms with Crippen LogP contribution in [0.25, 0.3) is 11.0 Å². The first-order chi connectivity index (χ1) is 19.7. The van der Waals surface area contributed by atoms with E-state index in [1.54, 1.807) is 0 Å². The number of halogens is 4. The number of hydrogen-bond acceptors (Lipinski definition) is 7. The molecule has 0 spiro atoms. The molecular weight excluding hydrogens is 578 g/mol. The summed E-state index contributed by atoms with van der Waals surface area (Å²) in [5.41, 5.74) is 0.797. The molecule has 0 saturated carbocycles. The average Bonchev–Trinajstić information content (AvgIpc) is 3.28. The Balaban J connectivity index is 1.63. The first-order valence-electron chi connectivity index (χ1n) is 13.0. The Hall–Kier alpha value is -3.83. The van der Waals surface area contributed by atoms with E-state index < -0.39 is 39.2 Å². The minimum atomic E-state index is -4.51. The van der Waals surface area contributed by atoms with Gasteiger partial charge in [-0.25, -0.2) is 17.8 Å². The van der Waals surface area contributed by atoms with Crippen molar-refractivity contribution in [3.63, 3.8) is 0 Å². The van der Waals surface area contributed by atoms with E-state index in [9.17, 15) is 30.8 Å². The maximum atomic E-state index is 14.2.